The molecule has 4 rings (SSSR count). The molecule has 112 valence electrons. The van der Waals surface area contributed by atoms with Crippen molar-refractivity contribution in [1.29, 1.82) is 0 Å². The zero-order chi connectivity index (χ0) is 15.2. The van der Waals surface area contributed by atoms with Gasteiger partial charge < -0.3 is 0 Å². The van der Waals surface area contributed by atoms with Crippen LogP contribution in [0.2, 0.25) is 0 Å². The highest BCUT2D eigenvalue weighted by atomic mass is 16.2. The fourth-order valence-electron chi connectivity index (χ4n) is 3.60. The Morgan fingerprint density at radius 2 is 1.95 bits per heavy atom. The summed E-state index contributed by atoms with van der Waals surface area (Å²) in [6.45, 7) is 1.94. The third-order valence-electron chi connectivity index (χ3n) is 5.36. The van der Waals surface area contributed by atoms with Gasteiger partial charge in [-0.1, -0.05) is 42.8 Å². The second-order valence-corrected chi connectivity index (χ2v) is 6.71. The number of hydrazone groups is 1. The van der Waals surface area contributed by atoms with E-state index >= 15 is 0 Å². The number of rotatable bonds is 3. The van der Waals surface area contributed by atoms with Crippen LogP contribution in [-0.2, 0) is 4.79 Å². The molecule has 1 spiro atoms. The third-order valence-corrected chi connectivity index (χ3v) is 5.36. The molecule has 3 heteroatoms. The first kappa shape index (κ1) is 13.5. The molecule has 2 aromatic rings. The van der Waals surface area contributed by atoms with Gasteiger partial charge in [-0.15, -0.1) is 0 Å². The molecule has 0 bridgehead atoms. The number of fused-ring (bicyclic) bond motifs is 1. The molecule has 0 saturated heterocycles. The topological polar surface area (TPSA) is 41.5 Å². The van der Waals surface area contributed by atoms with Gasteiger partial charge in [-0.05, 0) is 54.0 Å². The van der Waals surface area contributed by atoms with Crippen molar-refractivity contribution < 1.29 is 4.79 Å². The van der Waals surface area contributed by atoms with Crippen molar-refractivity contribution in [2.24, 2.45) is 16.4 Å². The molecule has 2 aromatic carbocycles. The van der Waals surface area contributed by atoms with Gasteiger partial charge in [-0.2, -0.15) is 5.10 Å². The van der Waals surface area contributed by atoms with Crippen molar-refractivity contribution in [3.8, 4) is 0 Å². The Bertz CT molecular complexity index is 774. The van der Waals surface area contributed by atoms with E-state index in [1.165, 1.54) is 30.0 Å². The Kier molecular flexibility index (Phi) is 3.03. The van der Waals surface area contributed by atoms with E-state index in [0.29, 0.717) is 5.41 Å². The zero-order valence-corrected chi connectivity index (χ0v) is 12.8. The van der Waals surface area contributed by atoms with Crippen LogP contribution in [0.25, 0.3) is 10.8 Å². The second-order valence-electron chi connectivity index (χ2n) is 6.71. The Morgan fingerprint density at radius 3 is 2.64 bits per heavy atom. The predicted octanol–water partition coefficient (Wildman–Crippen LogP) is 3.87. The monoisotopic (exact) mass is 292 g/mol. The minimum Gasteiger partial charge on any atom is -0.273 e. The van der Waals surface area contributed by atoms with E-state index in [1.54, 1.807) is 0 Å². The minimum atomic E-state index is 0.0971. The maximum atomic E-state index is 12.1. The van der Waals surface area contributed by atoms with E-state index in [9.17, 15) is 4.79 Å². The van der Waals surface area contributed by atoms with Crippen molar-refractivity contribution in [2.45, 2.75) is 32.6 Å². The smallest absolute Gasteiger partial charge is 0.243 e. The zero-order valence-electron chi connectivity index (χ0n) is 12.8. The molecule has 2 aliphatic rings. The van der Waals surface area contributed by atoms with Gasteiger partial charge in [0.2, 0.25) is 5.91 Å². The quantitative estimate of drug-likeness (QED) is 0.677. The summed E-state index contributed by atoms with van der Waals surface area (Å²) in [5.41, 5.74) is 5.02. The number of nitrogens with one attached hydrogen (secondary N) is 1. The highest BCUT2D eigenvalue weighted by molar-refractivity contribution is 6.02. The van der Waals surface area contributed by atoms with Crippen LogP contribution in [0, 0.1) is 11.3 Å². The highest BCUT2D eigenvalue weighted by Crippen LogP contribution is 2.65. The molecule has 2 fully saturated rings. The SMILES string of the molecule is C/C(=N/NC(=O)[C@H]1CC12CCC2)c1ccc2ccccc2c1. The van der Waals surface area contributed by atoms with Gasteiger partial charge in [0.15, 0.2) is 0 Å². The second kappa shape index (κ2) is 4.94. The maximum Gasteiger partial charge on any atom is 0.243 e. The third kappa shape index (κ3) is 2.21. The first-order valence-corrected chi connectivity index (χ1v) is 8.01. The summed E-state index contributed by atoms with van der Waals surface area (Å²) < 4.78 is 0. The Morgan fingerprint density at radius 1 is 1.18 bits per heavy atom. The van der Waals surface area contributed by atoms with Gasteiger partial charge >= 0.3 is 0 Å². The molecule has 2 saturated carbocycles. The van der Waals surface area contributed by atoms with Gasteiger partial charge in [-0.25, -0.2) is 5.43 Å². The summed E-state index contributed by atoms with van der Waals surface area (Å²) >= 11 is 0. The molecule has 0 aliphatic heterocycles. The largest absolute Gasteiger partial charge is 0.273 e. The highest BCUT2D eigenvalue weighted by Gasteiger charge is 2.60. The lowest BCUT2D eigenvalue weighted by atomic mass is 9.80. The maximum absolute atomic E-state index is 12.1. The van der Waals surface area contributed by atoms with E-state index in [-0.39, 0.29) is 11.8 Å². The van der Waals surface area contributed by atoms with Crippen molar-refractivity contribution in [3.63, 3.8) is 0 Å². The van der Waals surface area contributed by atoms with Crippen molar-refractivity contribution in [3.05, 3.63) is 48.0 Å². The molecule has 0 heterocycles. The fraction of sp³-hybridized carbons (Fsp3) is 0.368. The van der Waals surface area contributed by atoms with E-state index in [0.717, 1.165) is 17.7 Å². The van der Waals surface area contributed by atoms with E-state index in [1.807, 2.05) is 19.1 Å². The normalized spacial score (nSPS) is 22.4. The molecule has 1 atom stereocenters. The van der Waals surface area contributed by atoms with Gasteiger partial charge in [0, 0.05) is 5.92 Å². The molecule has 0 aromatic heterocycles. The Labute approximate surface area is 130 Å². The Balaban J connectivity index is 1.47. The Hall–Kier alpha value is -2.16. The van der Waals surface area contributed by atoms with Gasteiger partial charge in [-0.3, -0.25) is 4.79 Å². The van der Waals surface area contributed by atoms with Gasteiger partial charge in [0.05, 0.1) is 5.71 Å². The number of carbonyl (C=O) groups is 1. The van der Waals surface area contributed by atoms with Gasteiger partial charge in [0.1, 0.15) is 0 Å². The summed E-state index contributed by atoms with van der Waals surface area (Å²) in [7, 11) is 0. The summed E-state index contributed by atoms with van der Waals surface area (Å²) in [5, 5.41) is 6.71. The van der Waals surface area contributed by atoms with Crippen LogP contribution in [0.1, 0.15) is 38.2 Å². The molecule has 0 radical (unpaired) electrons. The molecule has 0 unspecified atom stereocenters. The number of hydrogen-bond donors (Lipinski definition) is 1. The lowest BCUT2D eigenvalue weighted by molar-refractivity contribution is -0.123. The van der Waals surface area contributed by atoms with Crippen LogP contribution in [0.15, 0.2) is 47.6 Å². The van der Waals surface area contributed by atoms with E-state index in [2.05, 4.69) is 40.9 Å². The summed E-state index contributed by atoms with van der Waals surface area (Å²) in [4.78, 5) is 12.1. The molecule has 2 aliphatic carbocycles. The van der Waals surface area contributed by atoms with Crippen LogP contribution >= 0.6 is 0 Å². The van der Waals surface area contributed by atoms with E-state index in [4.69, 9.17) is 0 Å². The predicted molar refractivity (Wildman–Crippen MR) is 88.7 cm³/mol. The van der Waals surface area contributed by atoms with Crippen molar-refractivity contribution in [2.75, 3.05) is 0 Å². The molecule has 22 heavy (non-hydrogen) atoms. The summed E-state index contributed by atoms with van der Waals surface area (Å²) in [6.07, 6.45) is 4.78. The standard InChI is InChI=1S/C19H20N2O/c1-13(15-8-7-14-5-2-3-6-16(14)11-15)20-21-18(22)17-12-19(17)9-4-10-19/h2-3,5-8,11,17H,4,9-10,12H2,1H3,(H,21,22)/b20-13-/t17-/m1/s1. The average Bonchev–Trinajstić information content (AvgIpc) is 3.28. The lowest BCUT2D eigenvalue weighted by Crippen LogP contribution is -2.26. The molecular formula is C19H20N2O. The van der Waals surface area contributed by atoms with Crippen LogP contribution in [0.3, 0.4) is 0 Å². The number of hydrogen-bond acceptors (Lipinski definition) is 2. The van der Waals surface area contributed by atoms with Crippen LogP contribution < -0.4 is 5.43 Å². The van der Waals surface area contributed by atoms with Gasteiger partial charge in [0.25, 0.3) is 0 Å². The number of carbonyl (C=O) groups excluding carboxylic acids is 1. The van der Waals surface area contributed by atoms with Crippen LogP contribution in [0.5, 0.6) is 0 Å². The molecule has 3 nitrogen and oxygen atoms in total. The number of nitrogens with zero attached hydrogens (tertiary/aromatic N) is 1. The lowest BCUT2D eigenvalue weighted by Gasteiger charge is -2.25. The summed E-state index contributed by atoms with van der Waals surface area (Å²) in [5.74, 6) is 0.300. The molecular weight excluding hydrogens is 272 g/mol. The summed E-state index contributed by atoms with van der Waals surface area (Å²) in [6, 6.07) is 14.5. The first-order valence-electron chi connectivity index (χ1n) is 8.01. The van der Waals surface area contributed by atoms with Crippen molar-refractivity contribution >= 4 is 22.4 Å². The molecule has 1 amide bonds. The first-order chi connectivity index (χ1) is 10.7. The average molecular weight is 292 g/mol. The van der Waals surface area contributed by atoms with E-state index < -0.39 is 0 Å². The van der Waals surface area contributed by atoms with Crippen LogP contribution in [-0.4, -0.2) is 11.6 Å². The number of amides is 1. The fourth-order valence-corrected chi connectivity index (χ4v) is 3.60. The van der Waals surface area contributed by atoms with Crippen molar-refractivity contribution in [1.82, 2.24) is 5.43 Å². The van der Waals surface area contributed by atoms with Crippen LogP contribution in [0.4, 0.5) is 0 Å². The minimum absolute atomic E-state index is 0.0971. The number of benzene rings is 2. The molecule has 1 N–H and O–H groups in total.